The maximum Gasteiger partial charge on any atom is 0.267 e. The number of amides is 1. The number of benzene rings is 1. The zero-order valence-electron chi connectivity index (χ0n) is 13.3. The molecule has 5 nitrogen and oxygen atoms in total. The molecule has 22 heavy (non-hydrogen) atoms. The first-order valence-electron chi connectivity index (χ1n) is 7.37. The van der Waals surface area contributed by atoms with Crippen LogP contribution in [0.25, 0.3) is 0 Å². The molecule has 0 saturated heterocycles. The summed E-state index contributed by atoms with van der Waals surface area (Å²) in [5.41, 5.74) is 1.10. The van der Waals surface area contributed by atoms with Crippen molar-refractivity contribution in [3.8, 4) is 5.75 Å². The third-order valence-corrected chi connectivity index (χ3v) is 3.98. The molecule has 2 rings (SSSR count). The smallest absolute Gasteiger partial charge is 0.267 e. The molecule has 1 aromatic carbocycles. The molecule has 2 aromatic rings. The van der Waals surface area contributed by atoms with E-state index in [-0.39, 0.29) is 5.91 Å². The standard InChI is InChI=1S/C16H21N3O2S/c1-5-13(15(20)17-16-19-18-11(4)22-16)21-14-9-7-6-8-12(14)10(2)3/h6-10,13H,5H2,1-4H3,(H,17,19,20)/t13-/m1/s1. The number of carbonyl (C=O) groups excluding carboxylic acids is 1. The van der Waals surface area contributed by atoms with Gasteiger partial charge < -0.3 is 4.74 Å². The minimum Gasteiger partial charge on any atom is -0.480 e. The fourth-order valence-electron chi connectivity index (χ4n) is 2.07. The summed E-state index contributed by atoms with van der Waals surface area (Å²) in [5, 5.41) is 11.9. The number of aryl methyl sites for hydroxylation is 1. The predicted molar refractivity (Wildman–Crippen MR) is 88.5 cm³/mol. The molecule has 0 aliphatic rings. The molecule has 0 unspecified atom stereocenters. The van der Waals surface area contributed by atoms with Gasteiger partial charge in [-0.2, -0.15) is 0 Å². The summed E-state index contributed by atoms with van der Waals surface area (Å²) in [6.45, 7) is 7.98. The molecule has 1 heterocycles. The fourth-order valence-corrected chi connectivity index (χ4v) is 2.67. The van der Waals surface area contributed by atoms with E-state index in [0.717, 1.165) is 16.3 Å². The van der Waals surface area contributed by atoms with Gasteiger partial charge >= 0.3 is 0 Å². The van der Waals surface area contributed by atoms with E-state index >= 15 is 0 Å². The lowest BCUT2D eigenvalue weighted by atomic mass is 10.0. The van der Waals surface area contributed by atoms with E-state index in [2.05, 4.69) is 29.4 Å². The Balaban J connectivity index is 2.10. The number of hydrogen-bond donors (Lipinski definition) is 1. The van der Waals surface area contributed by atoms with Gasteiger partial charge in [-0.1, -0.05) is 50.3 Å². The van der Waals surface area contributed by atoms with E-state index in [4.69, 9.17) is 4.74 Å². The normalized spacial score (nSPS) is 12.2. The Bertz CT molecular complexity index is 640. The van der Waals surface area contributed by atoms with Crippen molar-refractivity contribution in [1.82, 2.24) is 10.2 Å². The maximum absolute atomic E-state index is 12.3. The van der Waals surface area contributed by atoms with E-state index < -0.39 is 6.10 Å². The van der Waals surface area contributed by atoms with Crippen LogP contribution in [0.5, 0.6) is 5.75 Å². The third kappa shape index (κ3) is 4.04. The predicted octanol–water partition coefficient (Wildman–Crippen LogP) is 3.77. The van der Waals surface area contributed by atoms with Gasteiger partial charge in [0.25, 0.3) is 5.91 Å². The number of ether oxygens (including phenoxy) is 1. The Labute approximate surface area is 134 Å². The molecule has 0 fully saturated rings. The highest BCUT2D eigenvalue weighted by Crippen LogP contribution is 2.27. The fraction of sp³-hybridized carbons (Fsp3) is 0.438. The van der Waals surface area contributed by atoms with Crippen LogP contribution in [0.4, 0.5) is 5.13 Å². The van der Waals surface area contributed by atoms with Crippen LogP contribution < -0.4 is 10.1 Å². The van der Waals surface area contributed by atoms with Crippen LogP contribution in [-0.2, 0) is 4.79 Å². The first-order valence-corrected chi connectivity index (χ1v) is 8.19. The SMILES string of the molecule is CC[C@@H](Oc1ccccc1C(C)C)C(=O)Nc1nnc(C)s1. The summed E-state index contributed by atoms with van der Waals surface area (Å²) in [7, 11) is 0. The monoisotopic (exact) mass is 319 g/mol. The Hall–Kier alpha value is -1.95. The Morgan fingerprint density at radius 1 is 1.32 bits per heavy atom. The van der Waals surface area contributed by atoms with Gasteiger partial charge in [-0.25, -0.2) is 0 Å². The van der Waals surface area contributed by atoms with Crippen molar-refractivity contribution in [3.63, 3.8) is 0 Å². The molecule has 118 valence electrons. The van der Waals surface area contributed by atoms with Crippen LogP contribution in [0.1, 0.15) is 43.7 Å². The minimum atomic E-state index is -0.552. The second-order valence-electron chi connectivity index (χ2n) is 5.32. The van der Waals surface area contributed by atoms with E-state index in [1.54, 1.807) is 0 Å². The molecule has 1 amide bonds. The Morgan fingerprint density at radius 2 is 2.05 bits per heavy atom. The molecule has 1 atom stereocenters. The number of nitrogens with one attached hydrogen (secondary N) is 1. The van der Waals surface area contributed by atoms with Crippen molar-refractivity contribution in [2.24, 2.45) is 0 Å². The van der Waals surface area contributed by atoms with Gasteiger partial charge in [0.2, 0.25) is 5.13 Å². The lowest BCUT2D eigenvalue weighted by Gasteiger charge is -2.20. The number of anilines is 1. The number of para-hydroxylation sites is 1. The molecule has 0 saturated carbocycles. The van der Waals surface area contributed by atoms with Crippen LogP contribution in [0.15, 0.2) is 24.3 Å². The molecule has 0 aliphatic carbocycles. The van der Waals surface area contributed by atoms with Crippen molar-refractivity contribution in [1.29, 1.82) is 0 Å². The van der Waals surface area contributed by atoms with E-state index in [9.17, 15) is 4.79 Å². The molecule has 0 radical (unpaired) electrons. The average Bonchev–Trinajstić information content (AvgIpc) is 2.90. The molecule has 6 heteroatoms. The van der Waals surface area contributed by atoms with E-state index in [1.807, 2.05) is 38.1 Å². The maximum atomic E-state index is 12.3. The van der Waals surface area contributed by atoms with Crippen molar-refractivity contribution in [2.75, 3.05) is 5.32 Å². The molecular formula is C16H21N3O2S. The van der Waals surface area contributed by atoms with Gasteiger partial charge in [0.1, 0.15) is 10.8 Å². The summed E-state index contributed by atoms with van der Waals surface area (Å²) in [6, 6.07) is 7.83. The molecular weight excluding hydrogens is 298 g/mol. The summed E-state index contributed by atoms with van der Waals surface area (Å²) < 4.78 is 5.94. The molecule has 1 aromatic heterocycles. The van der Waals surface area contributed by atoms with Gasteiger partial charge in [0.15, 0.2) is 6.10 Å². The van der Waals surface area contributed by atoms with E-state index in [1.165, 1.54) is 11.3 Å². The van der Waals surface area contributed by atoms with Gasteiger partial charge in [0, 0.05) is 0 Å². The van der Waals surface area contributed by atoms with Gasteiger partial charge in [-0.3, -0.25) is 10.1 Å². The summed E-state index contributed by atoms with van der Waals surface area (Å²) in [6.07, 6.45) is 0.0277. The quantitative estimate of drug-likeness (QED) is 0.880. The second kappa shape index (κ2) is 7.35. The lowest BCUT2D eigenvalue weighted by molar-refractivity contribution is -0.122. The topological polar surface area (TPSA) is 64.1 Å². The molecule has 0 aliphatic heterocycles. The molecule has 0 bridgehead atoms. The van der Waals surface area contributed by atoms with Crippen molar-refractivity contribution in [2.45, 2.75) is 46.1 Å². The largest absolute Gasteiger partial charge is 0.480 e. The Kier molecular flexibility index (Phi) is 5.49. The average molecular weight is 319 g/mol. The highest BCUT2D eigenvalue weighted by Gasteiger charge is 2.21. The number of nitrogens with zero attached hydrogens (tertiary/aromatic N) is 2. The van der Waals surface area contributed by atoms with Crippen LogP contribution in [0.2, 0.25) is 0 Å². The van der Waals surface area contributed by atoms with Gasteiger partial charge in [-0.15, -0.1) is 10.2 Å². The van der Waals surface area contributed by atoms with Crippen LogP contribution in [0.3, 0.4) is 0 Å². The number of aromatic nitrogens is 2. The number of hydrogen-bond acceptors (Lipinski definition) is 5. The van der Waals surface area contributed by atoms with Crippen LogP contribution in [0, 0.1) is 6.92 Å². The number of rotatable bonds is 6. The zero-order chi connectivity index (χ0) is 16.1. The zero-order valence-corrected chi connectivity index (χ0v) is 14.1. The van der Waals surface area contributed by atoms with Crippen LogP contribution >= 0.6 is 11.3 Å². The van der Waals surface area contributed by atoms with Crippen molar-refractivity contribution in [3.05, 3.63) is 34.8 Å². The highest BCUT2D eigenvalue weighted by molar-refractivity contribution is 7.15. The summed E-state index contributed by atoms with van der Waals surface area (Å²) >= 11 is 1.35. The Morgan fingerprint density at radius 3 is 2.64 bits per heavy atom. The second-order valence-corrected chi connectivity index (χ2v) is 6.50. The van der Waals surface area contributed by atoms with Crippen molar-refractivity contribution >= 4 is 22.4 Å². The summed E-state index contributed by atoms with van der Waals surface area (Å²) in [4.78, 5) is 12.3. The molecule has 1 N–H and O–H groups in total. The van der Waals surface area contributed by atoms with Gasteiger partial charge in [0.05, 0.1) is 0 Å². The van der Waals surface area contributed by atoms with E-state index in [0.29, 0.717) is 17.5 Å². The first-order chi connectivity index (χ1) is 10.5. The minimum absolute atomic E-state index is 0.197. The highest BCUT2D eigenvalue weighted by atomic mass is 32.1. The van der Waals surface area contributed by atoms with Crippen LogP contribution in [-0.4, -0.2) is 22.2 Å². The summed E-state index contributed by atoms with van der Waals surface area (Å²) in [5.74, 6) is 0.896. The third-order valence-electron chi connectivity index (χ3n) is 3.23. The lowest BCUT2D eigenvalue weighted by Crippen LogP contribution is -2.32. The number of carbonyl (C=O) groups is 1. The molecule has 0 spiro atoms. The first kappa shape index (κ1) is 16.4. The van der Waals surface area contributed by atoms with Gasteiger partial charge in [-0.05, 0) is 30.9 Å². The van der Waals surface area contributed by atoms with Crippen molar-refractivity contribution < 1.29 is 9.53 Å².